The minimum atomic E-state index is -0.356. The van der Waals surface area contributed by atoms with Gasteiger partial charge >= 0.3 is 0 Å². The Balaban J connectivity index is 2.59. The van der Waals surface area contributed by atoms with Crippen molar-refractivity contribution in [2.45, 2.75) is 32.6 Å². The maximum Gasteiger partial charge on any atom is 0.220 e. The lowest BCUT2D eigenvalue weighted by molar-refractivity contribution is 0.580. The molecule has 0 aliphatic rings. The van der Waals surface area contributed by atoms with E-state index >= 15 is 0 Å². The first kappa shape index (κ1) is 9.89. The predicted molar refractivity (Wildman–Crippen MR) is 49.6 cm³/mol. The van der Waals surface area contributed by atoms with E-state index in [-0.39, 0.29) is 11.8 Å². The van der Waals surface area contributed by atoms with E-state index in [9.17, 15) is 4.39 Å². The topological polar surface area (TPSA) is 51.8 Å². The highest BCUT2D eigenvalue weighted by Crippen LogP contribution is 2.08. The van der Waals surface area contributed by atoms with Crippen LogP contribution in [0.2, 0.25) is 0 Å². The number of hydrogen-bond acceptors (Lipinski definition) is 3. The van der Waals surface area contributed by atoms with Crippen molar-refractivity contribution in [3.8, 4) is 0 Å². The van der Waals surface area contributed by atoms with Crippen LogP contribution in [0.3, 0.4) is 0 Å². The molecule has 0 saturated heterocycles. The number of unbranched alkanes of at least 4 members (excludes halogenated alkanes) is 2. The van der Waals surface area contributed by atoms with Crippen molar-refractivity contribution < 1.29 is 4.39 Å². The molecule has 0 unspecified atom stereocenters. The smallest absolute Gasteiger partial charge is 0.220 e. The summed E-state index contributed by atoms with van der Waals surface area (Å²) in [5, 5.41) is 0. The van der Waals surface area contributed by atoms with Crippen molar-refractivity contribution in [2.75, 3.05) is 5.73 Å². The van der Waals surface area contributed by atoms with Gasteiger partial charge in [0, 0.05) is 0 Å². The number of hydrogen-bond donors (Lipinski definition) is 1. The second-order valence-electron chi connectivity index (χ2n) is 2.98. The average Bonchev–Trinajstić information content (AvgIpc) is 2.11. The molecule has 4 heteroatoms. The largest absolute Gasteiger partial charge is 0.368 e. The molecule has 3 nitrogen and oxygen atoms in total. The van der Waals surface area contributed by atoms with Crippen molar-refractivity contribution in [2.24, 2.45) is 0 Å². The summed E-state index contributed by atoms with van der Waals surface area (Å²) in [6.45, 7) is 2.10. The van der Waals surface area contributed by atoms with E-state index < -0.39 is 0 Å². The zero-order valence-electron chi connectivity index (χ0n) is 7.76. The van der Waals surface area contributed by atoms with Crippen molar-refractivity contribution in [3.63, 3.8) is 0 Å². The maximum atomic E-state index is 13.0. The number of nitrogen functional groups attached to an aromatic ring is 1. The third-order valence-electron chi connectivity index (χ3n) is 1.85. The lowest BCUT2D eigenvalue weighted by atomic mass is 10.1. The molecule has 0 saturated carbocycles. The van der Waals surface area contributed by atoms with E-state index in [1.807, 2.05) is 0 Å². The molecule has 72 valence electrons. The third kappa shape index (κ3) is 2.97. The van der Waals surface area contributed by atoms with Crippen molar-refractivity contribution in [1.82, 2.24) is 9.97 Å². The van der Waals surface area contributed by atoms with Crippen molar-refractivity contribution >= 4 is 5.95 Å². The van der Waals surface area contributed by atoms with E-state index in [0.717, 1.165) is 25.5 Å². The summed E-state index contributed by atoms with van der Waals surface area (Å²) in [5.74, 6) is -0.210. The van der Waals surface area contributed by atoms with Crippen LogP contribution in [0.1, 0.15) is 31.9 Å². The number of aromatic nitrogens is 2. The van der Waals surface area contributed by atoms with Crippen LogP contribution in [0.5, 0.6) is 0 Å². The summed E-state index contributed by atoms with van der Waals surface area (Å²) in [4.78, 5) is 7.40. The van der Waals surface area contributed by atoms with Crippen LogP contribution in [0, 0.1) is 5.82 Å². The Morgan fingerprint density at radius 1 is 1.46 bits per heavy atom. The Hall–Kier alpha value is -1.19. The number of aryl methyl sites for hydroxylation is 1. The zero-order chi connectivity index (χ0) is 9.68. The number of rotatable bonds is 4. The molecular formula is C9H14FN3. The van der Waals surface area contributed by atoms with Crippen molar-refractivity contribution in [1.29, 1.82) is 0 Å². The van der Waals surface area contributed by atoms with Crippen LogP contribution in [-0.4, -0.2) is 9.97 Å². The third-order valence-corrected chi connectivity index (χ3v) is 1.85. The summed E-state index contributed by atoms with van der Waals surface area (Å²) < 4.78 is 13.0. The Kier molecular flexibility index (Phi) is 3.61. The quantitative estimate of drug-likeness (QED) is 0.725. The molecule has 0 fully saturated rings. The molecule has 13 heavy (non-hydrogen) atoms. The zero-order valence-corrected chi connectivity index (χ0v) is 7.76. The van der Waals surface area contributed by atoms with Crippen LogP contribution >= 0.6 is 0 Å². The van der Waals surface area contributed by atoms with Gasteiger partial charge in [-0.05, 0) is 12.8 Å². The Labute approximate surface area is 77.2 Å². The molecule has 1 heterocycles. The lowest BCUT2D eigenvalue weighted by Gasteiger charge is -2.01. The van der Waals surface area contributed by atoms with Gasteiger partial charge < -0.3 is 5.73 Å². The summed E-state index contributed by atoms with van der Waals surface area (Å²) >= 11 is 0. The molecule has 1 aromatic heterocycles. The fourth-order valence-electron chi connectivity index (χ4n) is 1.14. The number of nitrogens with zero attached hydrogens (tertiary/aromatic N) is 2. The minimum absolute atomic E-state index is 0.146. The van der Waals surface area contributed by atoms with Gasteiger partial charge in [0.05, 0.1) is 11.9 Å². The standard InChI is InChI=1S/C9H14FN3/c1-2-3-4-5-8-7(10)6-12-9(11)13-8/h6H,2-5H2,1H3,(H2,11,12,13). The number of anilines is 1. The van der Waals surface area contributed by atoms with Gasteiger partial charge in [-0.2, -0.15) is 0 Å². The van der Waals surface area contributed by atoms with Gasteiger partial charge in [0.1, 0.15) is 0 Å². The second kappa shape index (κ2) is 4.74. The SMILES string of the molecule is CCCCCc1nc(N)ncc1F. The van der Waals surface area contributed by atoms with Gasteiger partial charge in [0.15, 0.2) is 5.82 Å². The average molecular weight is 183 g/mol. The molecule has 0 aromatic carbocycles. The monoisotopic (exact) mass is 183 g/mol. The molecule has 0 aliphatic carbocycles. The number of halogens is 1. The summed E-state index contributed by atoms with van der Waals surface area (Å²) in [5.41, 5.74) is 5.77. The first-order chi connectivity index (χ1) is 6.24. The molecule has 0 radical (unpaired) electrons. The van der Waals surface area contributed by atoms with Gasteiger partial charge in [-0.25, -0.2) is 14.4 Å². The molecule has 2 N–H and O–H groups in total. The molecule has 1 rings (SSSR count). The highest BCUT2D eigenvalue weighted by atomic mass is 19.1. The molecule has 0 atom stereocenters. The first-order valence-corrected chi connectivity index (χ1v) is 4.51. The summed E-state index contributed by atoms with van der Waals surface area (Å²) in [7, 11) is 0. The normalized spacial score (nSPS) is 10.3. The van der Waals surface area contributed by atoms with E-state index in [0.29, 0.717) is 12.1 Å². The first-order valence-electron chi connectivity index (χ1n) is 4.51. The summed E-state index contributed by atoms with van der Waals surface area (Å²) in [6, 6.07) is 0. The number of nitrogens with two attached hydrogens (primary N) is 1. The summed E-state index contributed by atoms with van der Waals surface area (Å²) in [6.07, 6.45) is 4.92. The van der Waals surface area contributed by atoms with E-state index in [2.05, 4.69) is 16.9 Å². The molecule has 0 aliphatic heterocycles. The molecule has 0 bridgehead atoms. The van der Waals surface area contributed by atoms with Crippen LogP contribution in [-0.2, 0) is 6.42 Å². The molecule has 0 spiro atoms. The maximum absolute atomic E-state index is 13.0. The van der Waals surface area contributed by atoms with Crippen LogP contribution in [0.15, 0.2) is 6.20 Å². The Morgan fingerprint density at radius 3 is 2.92 bits per heavy atom. The fraction of sp³-hybridized carbons (Fsp3) is 0.556. The van der Waals surface area contributed by atoms with Gasteiger partial charge in [-0.1, -0.05) is 19.8 Å². The Morgan fingerprint density at radius 2 is 2.23 bits per heavy atom. The van der Waals surface area contributed by atoms with E-state index in [4.69, 9.17) is 5.73 Å². The second-order valence-corrected chi connectivity index (χ2v) is 2.98. The lowest BCUT2D eigenvalue weighted by Crippen LogP contribution is -2.02. The highest BCUT2D eigenvalue weighted by Gasteiger charge is 2.04. The minimum Gasteiger partial charge on any atom is -0.368 e. The van der Waals surface area contributed by atoms with Gasteiger partial charge in [0.25, 0.3) is 0 Å². The predicted octanol–water partition coefficient (Wildman–Crippen LogP) is 1.93. The van der Waals surface area contributed by atoms with Gasteiger partial charge in [-0.15, -0.1) is 0 Å². The molecule has 0 amide bonds. The molecular weight excluding hydrogens is 169 g/mol. The van der Waals surface area contributed by atoms with Crippen molar-refractivity contribution in [3.05, 3.63) is 17.7 Å². The highest BCUT2D eigenvalue weighted by molar-refractivity contribution is 5.18. The van der Waals surface area contributed by atoms with Crippen LogP contribution in [0.4, 0.5) is 10.3 Å². The van der Waals surface area contributed by atoms with Gasteiger partial charge in [-0.3, -0.25) is 0 Å². The van der Waals surface area contributed by atoms with E-state index in [1.54, 1.807) is 0 Å². The van der Waals surface area contributed by atoms with E-state index in [1.165, 1.54) is 0 Å². The van der Waals surface area contributed by atoms with Crippen LogP contribution in [0.25, 0.3) is 0 Å². The Bertz CT molecular complexity index is 276. The molecule has 1 aromatic rings. The fourth-order valence-corrected chi connectivity index (χ4v) is 1.14. The van der Waals surface area contributed by atoms with Gasteiger partial charge in [0.2, 0.25) is 5.95 Å². The van der Waals surface area contributed by atoms with Crippen LogP contribution < -0.4 is 5.73 Å².